The van der Waals surface area contributed by atoms with Crippen molar-refractivity contribution >= 4 is 16.9 Å². The Bertz CT molecular complexity index is 962. The van der Waals surface area contributed by atoms with Gasteiger partial charge in [0, 0.05) is 11.6 Å². The molecule has 0 saturated carbocycles. The molecule has 0 spiro atoms. The van der Waals surface area contributed by atoms with Crippen molar-refractivity contribution in [1.29, 1.82) is 0 Å². The van der Waals surface area contributed by atoms with Crippen LogP contribution in [0.4, 0.5) is 0 Å². The number of aromatic nitrogens is 2. The molecule has 0 unspecified atom stereocenters. The lowest BCUT2D eigenvalue weighted by atomic mass is 10.3. The first-order valence-corrected chi connectivity index (χ1v) is 8.73. The Kier molecular flexibility index (Phi) is 5.76. The third kappa shape index (κ3) is 4.47. The van der Waals surface area contributed by atoms with Crippen molar-refractivity contribution in [1.82, 2.24) is 14.9 Å². The molecular weight excluding hydrogens is 342 g/mol. The van der Waals surface area contributed by atoms with Gasteiger partial charge in [0.1, 0.15) is 23.9 Å². The number of benzene rings is 2. The van der Waals surface area contributed by atoms with Gasteiger partial charge < -0.3 is 19.4 Å². The zero-order valence-electron chi connectivity index (χ0n) is 15.6. The van der Waals surface area contributed by atoms with Crippen LogP contribution >= 0.6 is 0 Å². The fourth-order valence-corrected chi connectivity index (χ4v) is 2.77. The maximum absolute atomic E-state index is 11.8. The number of nitrogens with zero attached hydrogens (tertiary/aromatic N) is 2. The molecule has 27 heavy (non-hydrogen) atoms. The Morgan fingerprint density at radius 3 is 2.74 bits per heavy atom. The van der Waals surface area contributed by atoms with Crippen LogP contribution in [0.1, 0.15) is 12.7 Å². The summed E-state index contributed by atoms with van der Waals surface area (Å²) in [5.41, 5.74) is 2.36. The molecule has 0 saturated heterocycles. The molecule has 6 nitrogen and oxygen atoms in total. The van der Waals surface area contributed by atoms with Crippen LogP contribution in [0, 0.1) is 0 Å². The molecule has 3 aromatic rings. The van der Waals surface area contributed by atoms with Crippen molar-refractivity contribution in [2.45, 2.75) is 20.0 Å². The van der Waals surface area contributed by atoms with E-state index in [2.05, 4.69) is 21.4 Å². The highest BCUT2D eigenvalue weighted by Gasteiger charge is 2.12. The molecule has 0 atom stereocenters. The minimum absolute atomic E-state index is 0.179. The van der Waals surface area contributed by atoms with Gasteiger partial charge in [0.15, 0.2) is 0 Å². The summed E-state index contributed by atoms with van der Waals surface area (Å²) in [7, 11) is 1.63. The van der Waals surface area contributed by atoms with Crippen LogP contribution in [-0.4, -0.2) is 29.2 Å². The number of hydrogen-bond donors (Lipinski definition) is 1. The van der Waals surface area contributed by atoms with Crippen molar-refractivity contribution in [3.05, 3.63) is 66.5 Å². The Balaban J connectivity index is 1.74. The van der Waals surface area contributed by atoms with Crippen LogP contribution in [0.15, 0.2) is 60.7 Å². The van der Waals surface area contributed by atoms with E-state index < -0.39 is 0 Å². The van der Waals surface area contributed by atoms with E-state index >= 15 is 0 Å². The van der Waals surface area contributed by atoms with Gasteiger partial charge in [0.05, 0.1) is 31.2 Å². The molecule has 0 bridgehead atoms. The first-order chi connectivity index (χ1) is 13.1. The van der Waals surface area contributed by atoms with Crippen LogP contribution in [0.5, 0.6) is 11.5 Å². The van der Waals surface area contributed by atoms with E-state index in [1.807, 2.05) is 48.5 Å². The number of rotatable bonds is 8. The standard InChI is InChI=1S/C21H23N3O3/c1-15(2)21(25)22-14-20-23-18-9-4-5-10-19(18)24(20)11-12-27-17-8-6-7-16(13-17)26-3/h4-10,13H,1,11-12,14H2,2-3H3,(H,22,25). The molecule has 0 radical (unpaired) electrons. The summed E-state index contributed by atoms with van der Waals surface area (Å²) in [6, 6.07) is 15.4. The summed E-state index contributed by atoms with van der Waals surface area (Å²) in [6.07, 6.45) is 0. The van der Waals surface area contributed by atoms with E-state index in [4.69, 9.17) is 9.47 Å². The third-order valence-electron chi connectivity index (χ3n) is 4.15. The molecule has 1 amide bonds. The van der Waals surface area contributed by atoms with E-state index in [1.54, 1.807) is 14.0 Å². The smallest absolute Gasteiger partial charge is 0.246 e. The number of carbonyl (C=O) groups is 1. The molecule has 6 heteroatoms. The van der Waals surface area contributed by atoms with Crippen LogP contribution in [0.2, 0.25) is 0 Å². The molecule has 0 fully saturated rings. The Morgan fingerprint density at radius 2 is 1.96 bits per heavy atom. The predicted octanol–water partition coefficient (Wildman–Crippen LogP) is 3.32. The summed E-state index contributed by atoms with van der Waals surface area (Å²) in [5.74, 6) is 2.10. The normalized spacial score (nSPS) is 10.6. The van der Waals surface area contributed by atoms with Gasteiger partial charge in [-0.15, -0.1) is 0 Å². The number of fused-ring (bicyclic) bond motifs is 1. The van der Waals surface area contributed by atoms with Crippen LogP contribution in [-0.2, 0) is 17.9 Å². The number of amides is 1. The van der Waals surface area contributed by atoms with Crippen molar-refractivity contribution in [3.63, 3.8) is 0 Å². The number of nitrogens with one attached hydrogen (secondary N) is 1. The fourth-order valence-electron chi connectivity index (χ4n) is 2.77. The lowest BCUT2D eigenvalue weighted by Crippen LogP contribution is -2.25. The Morgan fingerprint density at radius 1 is 1.19 bits per heavy atom. The molecule has 0 aliphatic carbocycles. The van der Waals surface area contributed by atoms with E-state index in [-0.39, 0.29) is 5.91 Å². The molecule has 0 aliphatic rings. The molecule has 1 aromatic heterocycles. The number of methoxy groups -OCH3 is 1. The van der Waals surface area contributed by atoms with Gasteiger partial charge in [0.2, 0.25) is 5.91 Å². The van der Waals surface area contributed by atoms with E-state index in [0.29, 0.717) is 25.3 Å². The van der Waals surface area contributed by atoms with Crippen molar-refractivity contribution in [2.75, 3.05) is 13.7 Å². The second-order valence-corrected chi connectivity index (χ2v) is 6.16. The number of ether oxygens (including phenoxy) is 2. The first kappa shape index (κ1) is 18.5. The molecule has 0 aliphatic heterocycles. The summed E-state index contributed by atoms with van der Waals surface area (Å²) in [6.45, 7) is 6.75. The van der Waals surface area contributed by atoms with E-state index in [0.717, 1.165) is 28.4 Å². The van der Waals surface area contributed by atoms with Crippen molar-refractivity contribution in [2.24, 2.45) is 0 Å². The minimum Gasteiger partial charge on any atom is -0.497 e. The minimum atomic E-state index is -0.179. The van der Waals surface area contributed by atoms with Gasteiger partial charge in [-0.1, -0.05) is 24.8 Å². The third-order valence-corrected chi connectivity index (χ3v) is 4.15. The fraction of sp³-hybridized carbons (Fsp3) is 0.238. The zero-order valence-corrected chi connectivity index (χ0v) is 15.6. The summed E-state index contributed by atoms with van der Waals surface area (Å²) in [5, 5.41) is 2.84. The highest BCUT2D eigenvalue weighted by molar-refractivity contribution is 5.92. The largest absolute Gasteiger partial charge is 0.497 e. The number of carbonyl (C=O) groups excluding carboxylic acids is 1. The van der Waals surface area contributed by atoms with Crippen molar-refractivity contribution in [3.8, 4) is 11.5 Å². The average molecular weight is 365 g/mol. The molecular formula is C21H23N3O3. The topological polar surface area (TPSA) is 65.4 Å². The maximum Gasteiger partial charge on any atom is 0.246 e. The van der Waals surface area contributed by atoms with Gasteiger partial charge in [-0.05, 0) is 31.2 Å². The summed E-state index contributed by atoms with van der Waals surface area (Å²) < 4.78 is 13.1. The van der Waals surface area contributed by atoms with Crippen LogP contribution in [0.3, 0.4) is 0 Å². The molecule has 1 heterocycles. The van der Waals surface area contributed by atoms with Gasteiger partial charge in [-0.2, -0.15) is 0 Å². The Labute approximate surface area is 158 Å². The lowest BCUT2D eigenvalue weighted by molar-refractivity contribution is -0.117. The Hall–Kier alpha value is -3.28. The van der Waals surface area contributed by atoms with Crippen LogP contribution in [0.25, 0.3) is 11.0 Å². The van der Waals surface area contributed by atoms with E-state index in [1.165, 1.54) is 0 Å². The van der Waals surface area contributed by atoms with Gasteiger partial charge in [0.25, 0.3) is 0 Å². The number of para-hydroxylation sites is 2. The second kappa shape index (κ2) is 8.40. The SMILES string of the molecule is C=C(C)C(=O)NCc1nc2ccccc2n1CCOc1cccc(OC)c1. The van der Waals surface area contributed by atoms with Crippen LogP contribution < -0.4 is 14.8 Å². The summed E-state index contributed by atoms with van der Waals surface area (Å²) in [4.78, 5) is 16.5. The lowest BCUT2D eigenvalue weighted by Gasteiger charge is -2.12. The number of hydrogen-bond acceptors (Lipinski definition) is 4. The summed E-state index contributed by atoms with van der Waals surface area (Å²) >= 11 is 0. The van der Waals surface area contributed by atoms with Gasteiger partial charge in [-0.3, -0.25) is 4.79 Å². The predicted molar refractivity (Wildman–Crippen MR) is 105 cm³/mol. The molecule has 2 aromatic carbocycles. The highest BCUT2D eigenvalue weighted by Crippen LogP contribution is 2.20. The molecule has 3 rings (SSSR count). The average Bonchev–Trinajstić information content (AvgIpc) is 3.04. The monoisotopic (exact) mass is 365 g/mol. The number of imidazole rings is 1. The maximum atomic E-state index is 11.8. The van der Waals surface area contributed by atoms with Gasteiger partial charge >= 0.3 is 0 Å². The molecule has 140 valence electrons. The zero-order chi connectivity index (χ0) is 19.2. The molecule has 1 N–H and O–H groups in total. The quantitative estimate of drug-likeness (QED) is 0.622. The van der Waals surface area contributed by atoms with Crippen molar-refractivity contribution < 1.29 is 14.3 Å². The van der Waals surface area contributed by atoms with E-state index in [9.17, 15) is 4.79 Å². The first-order valence-electron chi connectivity index (χ1n) is 8.73. The highest BCUT2D eigenvalue weighted by atomic mass is 16.5. The van der Waals surface area contributed by atoms with Gasteiger partial charge in [-0.25, -0.2) is 4.98 Å². The second-order valence-electron chi connectivity index (χ2n) is 6.16.